The van der Waals surface area contributed by atoms with Crippen LogP contribution in [0.5, 0.6) is 5.75 Å². The maximum atomic E-state index is 12.3. The highest BCUT2D eigenvalue weighted by molar-refractivity contribution is 9.10. The van der Waals surface area contributed by atoms with Gasteiger partial charge in [0.1, 0.15) is 5.75 Å². The van der Waals surface area contributed by atoms with Crippen molar-refractivity contribution in [1.29, 1.82) is 5.26 Å². The van der Waals surface area contributed by atoms with E-state index in [-0.39, 0.29) is 12.5 Å². The lowest BCUT2D eigenvalue weighted by Crippen LogP contribution is -2.20. The Balaban J connectivity index is 1.77. The standard InChI is InChI=1S/C23H15BrCl2N2O2/c24-18-6-9-22(16(11-18)10-17(13-27)15-4-2-1-3-5-15)30-14-23(29)28-19-7-8-20(25)21(26)12-19/h1-12H,14H2,(H,28,29)/b17-10+. The summed E-state index contributed by atoms with van der Waals surface area (Å²) in [6.07, 6.45) is 1.73. The molecule has 3 aromatic carbocycles. The molecule has 0 aliphatic heterocycles. The molecule has 4 nitrogen and oxygen atoms in total. The van der Waals surface area contributed by atoms with Crippen molar-refractivity contribution >= 4 is 62.4 Å². The number of hydrogen-bond acceptors (Lipinski definition) is 3. The van der Waals surface area contributed by atoms with Crippen LogP contribution in [0.3, 0.4) is 0 Å². The number of carbonyl (C=O) groups is 1. The molecule has 1 amide bonds. The van der Waals surface area contributed by atoms with E-state index in [1.807, 2.05) is 36.4 Å². The van der Waals surface area contributed by atoms with Crippen molar-refractivity contribution in [2.24, 2.45) is 0 Å². The van der Waals surface area contributed by atoms with Crippen LogP contribution >= 0.6 is 39.1 Å². The van der Waals surface area contributed by atoms with Gasteiger partial charge in [-0.3, -0.25) is 4.79 Å². The van der Waals surface area contributed by atoms with Crippen molar-refractivity contribution < 1.29 is 9.53 Å². The molecule has 3 aromatic rings. The van der Waals surface area contributed by atoms with Gasteiger partial charge in [-0.2, -0.15) is 5.26 Å². The number of nitrogens with zero attached hydrogens (tertiary/aromatic N) is 1. The molecule has 0 heterocycles. The van der Waals surface area contributed by atoms with Gasteiger partial charge >= 0.3 is 0 Å². The molecule has 0 aromatic heterocycles. The van der Waals surface area contributed by atoms with Gasteiger partial charge in [-0.05, 0) is 48.0 Å². The van der Waals surface area contributed by atoms with Gasteiger partial charge in [0.15, 0.2) is 6.61 Å². The lowest BCUT2D eigenvalue weighted by molar-refractivity contribution is -0.118. The molecule has 30 heavy (non-hydrogen) atoms. The third-order valence-electron chi connectivity index (χ3n) is 4.04. The molecule has 7 heteroatoms. The third-order valence-corrected chi connectivity index (χ3v) is 5.27. The summed E-state index contributed by atoms with van der Waals surface area (Å²) in [5, 5.41) is 13.0. The number of allylic oxidation sites excluding steroid dienone is 1. The fourth-order valence-electron chi connectivity index (χ4n) is 2.63. The number of ether oxygens (including phenoxy) is 1. The molecule has 0 saturated carbocycles. The molecular weight excluding hydrogens is 487 g/mol. The number of nitriles is 1. The lowest BCUT2D eigenvalue weighted by atomic mass is 10.0. The van der Waals surface area contributed by atoms with Crippen LogP contribution in [-0.2, 0) is 4.79 Å². The Morgan fingerprint density at radius 1 is 1.07 bits per heavy atom. The van der Waals surface area contributed by atoms with Gasteiger partial charge in [0.05, 0.1) is 21.7 Å². The fourth-order valence-corrected chi connectivity index (χ4v) is 3.31. The molecule has 0 saturated heterocycles. The van der Waals surface area contributed by atoms with Crippen molar-refractivity contribution in [3.8, 4) is 11.8 Å². The summed E-state index contributed by atoms with van der Waals surface area (Å²) in [6.45, 7) is -0.212. The van der Waals surface area contributed by atoms with Crippen LogP contribution in [0, 0.1) is 11.3 Å². The van der Waals surface area contributed by atoms with E-state index in [4.69, 9.17) is 27.9 Å². The maximum absolute atomic E-state index is 12.3. The summed E-state index contributed by atoms with van der Waals surface area (Å²) in [4.78, 5) is 12.3. The number of amides is 1. The Hall–Kier alpha value is -2.78. The van der Waals surface area contributed by atoms with E-state index in [2.05, 4.69) is 27.3 Å². The first-order valence-corrected chi connectivity index (χ1v) is 10.4. The molecular formula is C23H15BrCl2N2O2. The van der Waals surface area contributed by atoms with E-state index in [1.54, 1.807) is 36.4 Å². The minimum Gasteiger partial charge on any atom is -0.483 e. The molecule has 3 rings (SSSR count). The highest BCUT2D eigenvalue weighted by Gasteiger charge is 2.10. The van der Waals surface area contributed by atoms with Gasteiger partial charge in [0, 0.05) is 15.7 Å². The van der Waals surface area contributed by atoms with E-state index >= 15 is 0 Å². The second kappa shape index (κ2) is 10.3. The number of hydrogen-bond donors (Lipinski definition) is 1. The van der Waals surface area contributed by atoms with Crippen LogP contribution in [0.4, 0.5) is 5.69 Å². The van der Waals surface area contributed by atoms with Gasteiger partial charge in [-0.1, -0.05) is 69.5 Å². The number of nitrogens with one attached hydrogen (secondary N) is 1. The molecule has 0 atom stereocenters. The Morgan fingerprint density at radius 3 is 2.53 bits per heavy atom. The quantitative estimate of drug-likeness (QED) is 0.297. The molecule has 0 aliphatic carbocycles. The third kappa shape index (κ3) is 5.87. The van der Waals surface area contributed by atoms with E-state index in [9.17, 15) is 10.1 Å². The summed E-state index contributed by atoms with van der Waals surface area (Å²) < 4.78 is 6.54. The van der Waals surface area contributed by atoms with Crippen LogP contribution in [0.15, 0.2) is 71.2 Å². The Labute approximate surface area is 192 Å². The Kier molecular flexibility index (Phi) is 7.53. The first-order valence-electron chi connectivity index (χ1n) is 8.81. The van der Waals surface area contributed by atoms with Crippen molar-refractivity contribution in [2.75, 3.05) is 11.9 Å². The van der Waals surface area contributed by atoms with Crippen LogP contribution in [-0.4, -0.2) is 12.5 Å². The molecule has 0 unspecified atom stereocenters. The fraction of sp³-hybridized carbons (Fsp3) is 0.0435. The Bertz CT molecular complexity index is 1140. The largest absolute Gasteiger partial charge is 0.483 e. The highest BCUT2D eigenvalue weighted by Crippen LogP contribution is 2.28. The zero-order valence-corrected chi connectivity index (χ0v) is 18.6. The number of anilines is 1. The van der Waals surface area contributed by atoms with Gasteiger partial charge in [0.2, 0.25) is 0 Å². The predicted octanol–water partition coefficient (Wildman–Crippen LogP) is 6.84. The normalized spacial score (nSPS) is 10.9. The zero-order chi connectivity index (χ0) is 21.5. The monoisotopic (exact) mass is 500 g/mol. The second-order valence-electron chi connectivity index (χ2n) is 6.18. The van der Waals surface area contributed by atoms with Gasteiger partial charge in [-0.15, -0.1) is 0 Å². The number of benzene rings is 3. The molecule has 0 fully saturated rings. The van der Waals surface area contributed by atoms with E-state index < -0.39 is 0 Å². The smallest absolute Gasteiger partial charge is 0.262 e. The van der Waals surface area contributed by atoms with Gasteiger partial charge in [-0.25, -0.2) is 0 Å². The first kappa shape index (κ1) is 21.9. The molecule has 0 aliphatic rings. The second-order valence-corrected chi connectivity index (χ2v) is 7.91. The molecule has 150 valence electrons. The van der Waals surface area contributed by atoms with Crippen molar-refractivity contribution in [3.05, 3.63) is 92.4 Å². The summed E-state index contributed by atoms with van der Waals surface area (Å²) in [5.74, 6) is 0.126. The van der Waals surface area contributed by atoms with Gasteiger partial charge in [0.25, 0.3) is 5.91 Å². The van der Waals surface area contributed by atoms with Crippen LogP contribution in [0.1, 0.15) is 11.1 Å². The number of halogens is 3. The summed E-state index contributed by atoms with van der Waals surface area (Å²) in [6, 6.07) is 21.7. The van der Waals surface area contributed by atoms with Gasteiger partial charge < -0.3 is 10.1 Å². The van der Waals surface area contributed by atoms with Crippen LogP contribution in [0.25, 0.3) is 11.6 Å². The number of carbonyl (C=O) groups excluding carboxylic acids is 1. The lowest BCUT2D eigenvalue weighted by Gasteiger charge is -2.11. The van der Waals surface area contributed by atoms with E-state index in [0.29, 0.717) is 32.6 Å². The van der Waals surface area contributed by atoms with Crippen molar-refractivity contribution in [2.45, 2.75) is 0 Å². The van der Waals surface area contributed by atoms with Crippen molar-refractivity contribution in [3.63, 3.8) is 0 Å². The van der Waals surface area contributed by atoms with E-state index in [0.717, 1.165) is 10.0 Å². The molecule has 0 radical (unpaired) electrons. The van der Waals surface area contributed by atoms with Crippen molar-refractivity contribution in [1.82, 2.24) is 0 Å². The predicted molar refractivity (Wildman–Crippen MR) is 125 cm³/mol. The number of rotatable bonds is 6. The average Bonchev–Trinajstić information content (AvgIpc) is 2.74. The van der Waals surface area contributed by atoms with Crippen LogP contribution < -0.4 is 10.1 Å². The average molecular weight is 502 g/mol. The zero-order valence-electron chi connectivity index (χ0n) is 15.5. The SMILES string of the molecule is N#C/C(=C\c1cc(Br)ccc1OCC(=O)Nc1ccc(Cl)c(Cl)c1)c1ccccc1. The van der Waals surface area contributed by atoms with E-state index in [1.165, 1.54) is 0 Å². The maximum Gasteiger partial charge on any atom is 0.262 e. The summed E-state index contributed by atoms with van der Waals surface area (Å²) in [7, 11) is 0. The minimum absolute atomic E-state index is 0.212. The molecule has 1 N–H and O–H groups in total. The Morgan fingerprint density at radius 2 is 1.83 bits per heavy atom. The summed E-state index contributed by atoms with van der Waals surface area (Å²) in [5.41, 5.74) is 2.47. The highest BCUT2D eigenvalue weighted by atomic mass is 79.9. The van der Waals surface area contributed by atoms with Crippen LogP contribution in [0.2, 0.25) is 10.0 Å². The molecule has 0 spiro atoms. The molecule has 0 bridgehead atoms. The summed E-state index contributed by atoms with van der Waals surface area (Å²) >= 11 is 15.3. The topological polar surface area (TPSA) is 62.1 Å². The minimum atomic E-state index is -0.352. The first-order chi connectivity index (χ1) is 14.5.